The third kappa shape index (κ3) is 3.11. The average Bonchev–Trinajstić information content (AvgIpc) is 2.48. The maximum Gasteiger partial charge on any atom is 0.318 e. The standard InChI is InChI=1S/C13H24N4O2/c14-11(16-19)13(7-3-1-4-8-13)15-12(18)17-9-5-2-6-10-17/h19H,1-10H2,(H2,14,16)(H,15,18). The minimum atomic E-state index is -0.651. The molecule has 1 heterocycles. The van der Waals surface area contributed by atoms with Crippen LogP contribution in [0.25, 0.3) is 0 Å². The van der Waals surface area contributed by atoms with Crippen LogP contribution in [0.2, 0.25) is 0 Å². The highest BCUT2D eigenvalue weighted by molar-refractivity contribution is 5.93. The van der Waals surface area contributed by atoms with Crippen LogP contribution in [0, 0.1) is 0 Å². The van der Waals surface area contributed by atoms with Gasteiger partial charge in [-0.15, -0.1) is 0 Å². The number of nitrogens with zero attached hydrogens (tertiary/aromatic N) is 2. The summed E-state index contributed by atoms with van der Waals surface area (Å²) >= 11 is 0. The van der Waals surface area contributed by atoms with Gasteiger partial charge in [0.2, 0.25) is 0 Å². The number of hydrogen-bond donors (Lipinski definition) is 3. The highest BCUT2D eigenvalue weighted by Crippen LogP contribution is 2.29. The Morgan fingerprint density at radius 3 is 2.26 bits per heavy atom. The second-order valence-electron chi connectivity index (χ2n) is 5.61. The number of nitrogens with one attached hydrogen (secondary N) is 1. The number of carbonyl (C=O) groups excluding carboxylic acids is 1. The van der Waals surface area contributed by atoms with Crippen LogP contribution < -0.4 is 11.1 Å². The fraction of sp³-hybridized carbons (Fsp3) is 0.846. The predicted molar refractivity (Wildman–Crippen MR) is 73.2 cm³/mol. The third-order valence-electron chi connectivity index (χ3n) is 4.29. The Kier molecular flexibility index (Phi) is 4.50. The second-order valence-corrected chi connectivity index (χ2v) is 5.61. The summed E-state index contributed by atoms with van der Waals surface area (Å²) in [4.78, 5) is 14.2. The summed E-state index contributed by atoms with van der Waals surface area (Å²) in [5, 5.41) is 15.1. The Morgan fingerprint density at radius 2 is 1.68 bits per heavy atom. The van der Waals surface area contributed by atoms with Crippen molar-refractivity contribution in [3.63, 3.8) is 0 Å². The summed E-state index contributed by atoms with van der Waals surface area (Å²) in [6.07, 6.45) is 7.95. The largest absolute Gasteiger partial charge is 0.409 e. The molecule has 0 aromatic rings. The Bertz CT molecular complexity index is 345. The molecule has 6 nitrogen and oxygen atoms in total. The Labute approximate surface area is 114 Å². The Balaban J connectivity index is 2.05. The number of likely N-dealkylation sites (tertiary alicyclic amines) is 1. The van der Waals surface area contributed by atoms with Crippen LogP contribution in [-0.2, 0) is 0 Å². The summed E-state index contributed by atoms with van der Waals surface area (Å²) in [6, 6.07) is -0.0757. The molecule has 0 radical (unpaired) electrons. The van der Waals surface area contributed by atoms with E-state index in [0.29, 0.717) is 0 Å². The number of rotatable bonds is 2. The minimum Gasteiger partial charge on any atom is -0.409 e. The zero-order valence-electron chi connectivity index (χ0n) is 11.4. The van der Waals surface area contributed by atoms with E-state index in [0.717, 1.165) is 58.0 Å². The van der Waals surface area contributed by atoms with E-state index in [1.54, 1.807) is 0 Å². The molecule has 1 saturated heterocycles. The fourth-order valence-corrected chi connectivity index (χ4v) is 3.08. The van der Waals surface area contributed by atoms with Gasteiger partial charge in [-0.3, -0.25) is 0 Å². The van der Waals surface area contributed by atoms with E-state index in [-0.39, 0.29) is 11.9 Å². The molecule has 19 heavy (non-hydrogen) atoms. The molecule has 1 aliphatic heterocycles. The van der Waals surface area contributed by atoms with Gasteiger partial charge in [-0.25, -0.2) is 4.79 Å². The van der Waals surface area contributed by atoms with Crippen molar-refractivity contribution in [3.05, 3.63) is 0 Å². The topological polar surface area (TPSA) is 91.0 Å². The van der Waals surface area contributed by atoms with Gasteiger partial charge in [-0.1, -0.05) is 24.4 Å². The van der Waals surface area contributed by atoms with E-state index < -0.39 is 5.54 Å². The molecular formula is C13H24N4O2. The minimum absolute atomic E-state index is 0.0757. The van der Waals surface area contributed by atoms with Gasteiger partial charge in [-0.2, -0.15) is 0 Å². The molecule has 0 atom stereocenters. The van der Waals surface area contributed by atoms with Gasteiger partial charge >= 0.3 is 6.03 Å². The first kappa shape index (κ1) is 14.0. The van der Waals surface area contributed by atoms with Crippen LogP contribution in [0.1, 0.15) is 51.4 Å². The molecule has 4 N–H and O–H groups in total. The van der Waals surface area contributed by atoms with Crippen LogP contribution in [-0.4, -0.2) is 40.6 Å². The van der Waals surface area contributed by atoms with Crippen molar-refractivity contribution in [2.45, 2.75) is 56.9 Å². The smallest absolute Gasteiger partial charge is 0.318 e. The molecule has 0 bridgehead atoms. The van der Waals surface area contributed by atoms with Crippen molar-refractivity contribution >= 4 is 11.9 Å². The van der Waals surface area contributed by atoms with Gasteiger partial charge in [-0.05, 0) is 32.1 Å². The molecule has 2 rings (SSSR count). The molecule has 2 amide bonds. The van der Waals surface area contributed by atoms with Crippen LogP contribution in [0.5, 0.6) is 0 Å². The number of carbonyl (C=O) groups is 1. The monoisotopic (exact) mass is 268 g/mol. The SMILES string of the molecule is NC(=NO)C1(NC(=O)N2CCCCC2)CCCCC1. The lowest BCUT2D eigenvalue weighted by atomic mass is 9.81. The van der Waals surface area contributed by atoms with E-state index in [2.05, 4.69) is 10.5 Å². The third-order valence-corrected chi connectivity index (χ3v) is 4.29. The van der Waals surface area contributed by atoms with Gasteiger partial charge < -0.3 is 21.2 Å². The van der Waals surface area contributed by atoms with Crippen molar-refractivity contribution in [1.82, 2.24) is 10.2 Å². The molecule has 2 aliphatic rings. The van der Waals surface area contributed by atoms with Crippen LogP contribution in [0.4, 0.5) is 4.79 Å². The zero-order valence-corrected chi connectivity index (χ0v) is 11.4. The molecular weight excluding hydrogens is 244 g/mol. The van der Waals surface area contributed by atoms with Gasteiger partial charge in [0, 0.05) is 13.1 Å². The summed E-state index contributed by atoms with van der Waals surface area (Å²) < 4.78 is 0. The highest BCUT2D eigenvalue weighted by Gasteiger charge is 2.39. The summed E-state index contributed by atoms with van der Waals surface area (Å²) in [5.41, 5.74) is 5.18. The van der Waals surface area contributed by atoms with Crippen molar-refractivity contribution in [2.24, 2.45) is 10.9 Å². The molecule has 0 spiro atoms. The van der Waals surface area contributed by atoms with E-state index in [1.165, 1.54) is 6.42 Å². The summed E-state index contributed by atoms with van der Waals surface area (Å²) in [7, 11) is 0. The number of amidine groups is 1. The number of oxime groups is 1. The van der Waals surface area contributed by atoms with E-state index in [9.17, 15) is 4.79 Å². The molecule has 0 aromatic carbocycles. The highest BCUT2D eigenvalue weighted by atomic mass is 16.4. The van der Waals surface area contributed by atoms with E-state index >= 15 is 0 Å². The van der Waals surface area contributed by atoms with E-state index in [4.69, 9.17) is 10.9 Å². The van der Waals surface area contributed by atoms with Gasteiger partial charge in [0.25, 0.3) is 0 Å². The summed E-state index contributed by atoms with van der Waals surface area (Å²) in [5.74, 6) is 0.137. The van der Waals surface area contributed by atoms with Crippen LogP contribution in [0.15, 0.2) is 5.16 Å². The lowest BCUT2D eigenvalue weighted by Crippen LogP contribution is -2.61. The number of urea groups is 1. The molecule has 0 aromatic heterocycles. The number of hydrogen-bond acceptors (Lipinski definition) is 3. The van der Waals surface area contributed by atoms with Gasteiger partial charge in [0.15, 0.2) is 5.84 Å². The van der Waals surface area contributed by atoms with Gasteiger partial charge in [0.1, 0.15) is 5.54 Å². The first-order valence-corrected chi connectivity index (χ1v) is 7.23. The normalized spacial score (nSPS) is 24.0. The lowest BCUT2D eigenvalue weighted by Gasteiger charge is -2.39. The Hall–Kier alpha value is -1.46. The second kappa shape index (κ2) is 6.12. The first-order chi connectivity index (χ1) is 9.18. The number of nitrogens with two attached hydrogens (primary N) is 1. The van der Waals surface area contributed by atoms with Crippen LogP contribution >= 0.6 is 0 Å². The van der Waals surface area contributed by atoms with E-state index in [1.807, 2.05) is 4.90 Å². The molecule has 1 aliphatic carbocycles. The zero-order chi connectivity index (χ0) is 13.7. The van der Waals surface area contributed by atoms with Gasteiger partial charge in [0.05, 0.1) is 0 Å². The van der Waals surface area contributed by atoms with Crippen molar-refractivity contribution in [3.8, 4) is 0 Å². The average molecular weight is 268 g/mol. The molecule has 6 heteroatoms. The lowest BCUT2D eigenvalue weighted by molar-refractivity contribution is 0.172. The quantitative estimate of drug-likeness (QED) is 0.308. The predicted octanol–water partition coefficient (Wildman–Crippen LogP) is 1.63. The maximum atomic E-state index is 12.3. The molecule has 2 fully saturated rings. The molecule has 1 saturated carbocycles. The molecule has 0 unspecified atom stereocenters. The van der Waals surface area contributed by atoms with Crippen LogP contribution in [0.3, 0.4) is 0 Å². The van der Waals surface area contributed by atoms with Crippen molar-refractivity contribution < 1.29 is 10.0 Å². The first-order valence-electron chi connectivity index (χ1n) is 7.23. The number of amides is 2. The number of piperidine rings is 1. The fourth-order valence-electron chi connectivity index (χ4n) is 3.08. The Morgan fingerprint density at radius 1 is 1.11 bits per heavy atom. The maximum absolute atomic E-state index is 12.3. The molecule has 108 valence electrons. The van der Waals surface area contributed by atoms with Crippen molar-refractivity contribution in [2.75, 3.05) is 13.1 Å². The van der Waals surface area contributed by atoms with Crippen molar-refractivity contribution in [1.29, 1.82) is 0 Å². The summed E-state index contributed by atoms with van der Waals surface area (Å²) in [6.45, 7) is 1.61.